The molecule has 0 aliphatic heterocycles. The van der Waals surface area contributed by atoms with Crippen molar-refractivity contribution in [2.24, 2.45) is 40.4 Å². The summed E-state index contributed by atoms with van der Waals surface area (Å²) in [6.45, 7) is 26.3. The molecular formula is C37H64O5Si. The van der Waals surface area contributed by atoms with Crippen LogP contribution in [0.2, 0.25) is 18.1 Å². The van der Waals surface area contributed by atoms with E-state index in [2.05, 4.69) is 60.7 Å². The van der Waals surface area contributed by atoms with Gasteiger partial charge in [0.25, 0.3) is 0 Å². The van der Waals surface area contributed by atoms with Crippen molar-refractivity contribution in [2.75, 3.05) is 0 Å². The van der Waals surface area contributed by atoms with Crippen LogP contribution in [-0.2, 0) is 23.5 Å². The molecule has 0 amide bonds. The number of fused-ring (bicyclic) bond motifs is 5. The third-order valence-corrected chi connectivity index (χ3v) is 17.9. The molecule has 4 aliphatic rings. The molecular weight excluding hydrogens is 552 g/mol. The molecule has 0 spiro atoms. The van der Waals surface area contributed by atoms with E-state index in [9.17, 15) is 9.59 Å². The number of carbonyl (C=O) groups excluding carboxylic acids is 2. The van der Waals surface area contributed by atoms with Crippen LogP contribution in [0.3, 0.4) is 0 Å². The molecule has 6 heteroatoms. The first-order valence-corrected chi connectivity index (χ1v) is 20.4. The van der Waals surface area contributed by atoms with Crippen molar-refractivity contribution in [1.82, 2.24) is 0 Å². The Morgan fingerprint density at radius 2 is 1.70 bits per heavy atom. The molecule has 0 unspecified atom stereocenters. The first-order chi connectivity index (χ1) is 19.7. The van der Waals surface area contributed by atoms with Crippen molar-refractivity contribution in [1.29, 1.82) is 0 Å². The molecule has 0 N–H and O–H groups in total. The van der Waals surface area contributed by atoms with Crippen LogP contribution in [0.15, 0.2) is 11.6 Å². The van der Waals surface area contributed by atoms with E-state index >= 15 is 0 Å². The molecule has 3 fully saturated rings. The maximum Gasteiger partial charge on any atom is 0.303 e. The minimum atomic E-state index is -1.94. The van der Waals surface area contributed by atoms with Gasteiger partial charge in [0.15, 0.2) is 8.32 Å². The fraction of sp³-hybridized carbons (Fsp3) is 0.892. The standard InChI is InChI=1S/C37H64O5Si/c1-24(14-13-20-35(7,8)41-26(3)39)30-17-18-31-29-16-15-27-22-28(42-43(11,12)34(4,5)6)23-33(40-25(2)38)37(27,10)32(29)19-21-36(30,31)9/h15,24,28-33H,13-14,16-23H2,1-12H3/t24-,28-,29+,30-,31+,32+,33+,36-,37+/m1/s1. The molecule has 5 nitrogen and oxygen atoms in total. The minimum Gasteiger partial charge on any atom is -0.462 e. The highest BCUT2D eigenvalue weighted by molar-refractivity contribution is 6.74. The molecule has 43 heavy (non-hydrogen) atoms. The van der Waals surface area contributed by atoms with E-state index in [1.54, 1.807) is 6.92 Å². The van der Waals surface area contributed by atoms with E-state index in [1.807, 2.05) is 13.8 Å². The molecule has 0 aromatic carbocycles. The number of hydrogen-bond acceptors (Lipinski definition) is 5. The van der Waals surface area contributed by atoms with Crippen LogP contribution >= 0.6 is 0 Å². The summed E-state index contributed by atoms with van der Waals surface area (Å²) in [5.41, 5.74) is 1.38. The Bertz CT molecular complexity index is 1070. The van der Waals surface area contributed by atoms with E-state index < -0.39 is 8.32 Å². The lowest BCUT2D eigenvalue weighted by Crippen LogP contribution is -2.57. The summed E-state index contributed by atoms with van der Waals surface area (Å²) < 4.78 is 18.8. The summed E-state index contributed by atoms with van der Waals surface area (Å²) >= 11 is 0. The van der Waals surface area contributed by atoms with Gasteiger partial charge < -0.3 is 13.9 Å². The average Bonchev–Trinajstić information content (AvgIpc) is 3.20. The monoisotopic (exact) mass is 616 g/mol. The number of esters is 2. The second-order valence-corrected chi connectivity index (χ2v) is 22.4. The summed E-state index contributed by atoms with van der Waals surface area (Å²) in [4.78, 5) is 24.0. The summed E-state index contributed by atoms with van der Waals surface area (Å²) in [6.07, 6.45) is 13.9. The van der Waals surface area contributed by atoms with Crippen LogP contribution in [-0.4, -0.2) is 38.1 Å². The summed E-state index contributed by atoms with van der Waals surface area (Å²) in [5.74, 6) is 3.00. The van der Waals surface area contributed by atoms with E-state index in [-0.39, 0.29) is 40.2 Å². The van der Waals surface area contributed by atoms with Gasteiger partial charge in [0.05, 0.1) is 6.10 Å². The molecule has 0 radical (unpaired) electrons. The highest BCUT2D eigenvalue weighted by Gasteiger charge is 2.62. The summed E-state index contributed by atoms with van der Waals surface area (Å²) in [5, 5.41) is 0.152. The Balaban J connectivity index is 1.51. The van der Waals surface area contributed by atoms with Crippen LogP contribution in [0.1, 0.15) is 133 Å². The van der Waals surface area contributed by atoms with Crippen molar-refractivity contribution in [3.05, 3.63) is 11.6 Å². The highest BCUT2D eigenvalue weighted by atomic mass is 28.4. The number of rotatable bonds is 9. The Morgan fingerprint density at radius 3 is 2.30 bits per heavy atom. The lowest BCUT2D eigenvalue weighted by molar-refractivity contribution is -0.166. The molecule has 3 saturated carbocycles. The minimum absolute atomic E-state index is 0.102. The van der Waals surface area contributed by atoms with Crippen molar-refractivity contribution in [3.8, 4) is 0 Å². The van der Waals surface area contributed by atoms with Gasteiger partial charge in [-0.1, -0.05) is 59.6 Å². The van der Waals surface area contributed by atoms with Gasteiger partial charge in [-0.2, -0.15) is 0 Å². The SMILES string of the molecule is CC(=O)O[C@H]1C[C@H](O[Si](C)(C)C(C)(C)C)CC2=CC[C@H]3[C@@H]4CC[C@H]([C@H](C)CCCC(C)(C)OC(C)=O)[C@@]4(C)CC[C@@H]3[C@]21C. The second kappa shape index (κ2) is 12.2. The van der Waals surface area contributed by atoms with Crippen molar-refractivity contribution < 1.29 is 23.5 Å². The van der Waals surface area contributed by atoms with Crippen LogP contribution in [0, 0.1) is 40.4 Å². The zero-order valence-electron chi connectivity index (χ0n) is 29.7. The maximum atomic E-state index is 12.5. The number of hydrogen-bond donors (Lipinski definition) is 0. The van der Waals surface area contributed by atoms with Crippen LogP contribution in [0.4, 0.5) is 0 Å². The molecule has 0 aromatic rings. The van der Waals surface area contributed by atoms with Gasteiger partial charge >= 0.3 is 11.9 Å². The molecule has 246 valence electrons. The van der Waals surface area contributed by atoms with Crippen molar-refractivity contribution in [3.63, 3.8) is 0 Å². The topological polar surface area (TPSA) is 61.8 Å². The smallest absolute Gasteiger partial charge is 0.303 e. The number of ether oxygens (including phenoxy) is 2. The van der Waals surface area contributed by atoms with E-state index in [0.29, 0.717) is 23.2 Å². The molecule has 4 aliphatic carbocycles. The van der Waals surface area contributed by atoms with E-state index in [4.69, 9.17) is 13.9 Å². The molecule has 4 rings (SSSR count). The summed E-state index contributed by atoms with van der Waals surface area (Å²) in [7, 11) is -1.94. The maximum absolute atomic E-state index is 12.5. The van der Waals surface area contributed by atoms with Crippen LogP contribution < -0.4 is 0 Å². The first-order valence-electron chi connectivity index (χ1n) is 17.5. The third-order valence-electron chi connectivity index (χ3n) is 13.3. The quantitative estimate of drug-likeness (QED) is 0.147. The predicted molar refractivity (Wildman–Crippen MR) is 177 cm³/mol. The number of carbonyl (C=O) groups is 2. The average molecular weight is 617 g/mol. The Kier molecular flexibility index (Phi) is 9.87. The first kappa shape index (κ1) is 34.7. The fourth-order valence-electron chi connectivity index (χ4n) is 10.2. The Labute approximate surface area is 264 Å². The van der Waals surface area contributed by atoms with E-state index in [0.717, 1.165) is 43.9 Å². The second-order valence-electron chi connectivity index (χ2n) is 17.6. The number of allylic oxidation sites excluding steroid dienone is 1. The summed E-state index contributed by atoms with van der Waals surface area (Å²) in [6, 6.07) is 0. The van der Waals surface area contributed by atoms with Gasteiger partial charge in [0, 0.05) is 25.7 Å². The van der Waals surface area contributed by atoms with Crippen LogP contribution in [0.25, 0.3) is 0 Å². The molecule has 0 heterocycles. The van der Waals surface area contributed by atoms with Gasteiger partial charge in [0.1, 0.15) is 11.7 Å². The van der Waals surface area contributed by atoms with Crippen molar-refractivity contribution >= 4 is 20.3 Å². The van der Waals surface area contributed by atoms with Gasteiger partial charge in [-0.05, 0) is 118 Å². The fourth-order valence-corrected chi connectivity index (χ4v) is 11.5. The highest BCUT2D eigenvalue weighted by Crippen LogP contribution is 2.68. The zero-order chi connectivity index (χ0) is 32.2. The van der Waals surface area contributed by atoms with E-state index in [1.165, 1.54) is 44.6 Å². The largest absolute Gasteiger partial charge is 0.462 e. The lowest BCUT2D eigenvalue weighted by atomic mass is 9.46. The third kappa shape index (κ3) is 6.86. The molecule has 9 atom stereocenters. The lowest BCUT2D eigenvalue weighted by Gasteiger charge is -2.60. The van der Waals surface area contributed by atoms with Gasteiger partial charge in [-0.3, -0.25) is 9.59 Å². The van der Waals surface area contributed by atoms with Crippen molar-refractivity contribution in [2.45, 2.75) is 169 Å². The van der Waals surface area contributed by atoms with Gasteiger partial charge in [-0.25, -0.2) is 0 Å². The molecule has 0 aromatic heterocycles. The van der Waals surface area contributed by atoms with Gasteiger partial charge in [0.2, 0.25) is 0 Å². The zero-order valence-corrected chi connectivity index (χ0v) is 30.7. The van der Waals surface area contributed by atoms with Crippen LogP contribution in [0.5, 0.6) is 0 Å². The molecule has 0 saturated heterocycles. The predicted octanol–water partition coefficient (Wildman–Crippen LogP) is 9.65. The molecule has 0 bridgehead atoms. The Hall–Kier alpha value is -1.14. The Morgan fingerprint density at radius 1 is 1.02 bits per heavy atom. The van der Waals surface area contributed by atoms with Gasteiger partial charge in [-0.15, -0.1) is 0 Å². The normalized spacial score (nSPS) is 37.0.